The van der Waals surface area contributed by atoms with Gasteiger partial charge in [-0.15, -0.1) is 0 Å². The lowest BCUT2D eigenvalue weighted by molar-refractivity contribution is 0.460. The molecule has 156 valence electrons. The van der Waals surface area contributed by atoms with Crippen molar-refractivity contribution >= 4 is 22.3 Å². The molecule has 5 rings (SSSR count). The highest BCUT2D eigenvalue weighted by atomic mass is 16.1. The number of aryl methyl sites for hydroxylation is 1. The van der Waals surface area contributed by atoms with Gasteiger partial charge in [0.2, 0.25) is 0 Å². The van der Waals surface area contributed by atoms with E-state index in [0.717, 1.165) is 41.1 Å². The molecule has 3 aromatic heterocycles. The summed E-state index contributed by atoms with van der Waals surface area (Å²) in [4.78, 5) is 24.6. The Balaban J connectivity index is 1.53. The predicted octanol–water partition coefficient (Wildman–Crippen LogP) is 4.50. The first-order valence-corrected chi connectivity index (χ1v) is 10.7. The summed E-state index contributed by atoms with van der Waals surface area (Å²) >= 11 is 0. The zero-order valence-corrected chi connectivity index (χ0v) is 17.5. The number of fused-ring (bicyclic) bond motifs is 1. The van der Waals surface area contributed by atoms with E-state index in [1.165, 1.54) is 18.4 Å². The Morgan fingerprint density at radius 3 is 2.58 bits per heavy atom. The number of nitrogens with zero attached hydrogens (tertiary/aromatic N) is 2. The highest BCUT2D eigenvalue weighted by Crippen LogP contribution is 2.29. The van der Waals surface area contributed by atoms with Gasteiger partial charge in [0.1, 0.15) is 5.82 Å². The Hall–Kier alpha value is -3.51. The third-order valence-corrected chi connectivity index (χ3v) is 5.92. The van der Waals surface area contributed by atoms with Crippen LogP contribution in [0.1, 0.15) is 29.9 Å². The molecule has 0 saturated carbocycles. The quantitative estimate of drug-likeness (QED) is 0.460. The fourth-order valence-electron chi connectivity index (χ4n) is 4.24. The number of hydrogen-bond donors (Lipinski definition) is 3. The van der Waals surface area contributed by atoms with Crippen molar-refractivity contribution in [1.29, 1.82) is 0 Å². The summed E-state index contributed by atoms with van der Waals surface area (Å²) in [5.74, 6) is 1.14. The number of benzene rings is 1. The summed E-state index contributed by atoms with van der Waals surface area (Å²) in [7, 11) is 0. The van der Waals surface area contributed by atoms with Gasteiger partial charge < -0.3 is 15.6 Å². The van der Waals surface area contributed by atoms with Crippen LogP contribution in [0.5, 0.6) is 0 Å². The second kappa shape index (κ2) is 8.32. The van der Waals surface area contributed by atoms with Gasteiger partial charge in [0.05, 0.1) is 16.8 Å². The Morgan fingerprint density at radius 1 is 1.00 bits per heavy atom. The average Bonchev–Trinajstić information content (AvgIpc) is 2.80. The molecule has 1 saturated heterocycles. The Labute approximate surface area is 180 Å². The standard InChI is InChI=1S/C25H25N5O/c1-16-6-12-27-21(14-16)22-15-19-9-13-28-25(31)23(19)24(30-22)29-20-4-2-17(3-5-20)18-7-10-26-11-8-18/h2-6,9,12-15,18,26H,7-8,10-11H2,1H3,(H,28,31)(H,29,30). The number of aromatic nitrogens is 3. The molecule has 1 fully saturated rings. The van der Waals surface area contributed by atoms with Crippen molar-refractivity contribution in [3.8, 4) is 11.4 Å². The van der Waals surface area contributed by atoms with Crippen molar-refractivity contribution < 1.29 is 0 Å². The van der Waals surface area contributed by atoms with Gasteiger partial charge >= 0.3 is 0 Å². The largest absolute Gasteiger partial charge is 0.340 e. The van der Waals surface area contributed by atoms with Crippen molar-refractivity contribution in [2.45, 2.75) is 25.7 Å². The van der Waals surface area contributed by atoms with Gasteiger partial charge in [-0.2, -0.15) is 0 Å². The van der Waals surface area contributed by atoms with Crippen molar-refractivity contribution in [3.63, 3.8) is 0 Å². The van der Waals surface area contributed by atoms with Crippen LogP contribution in [-0.4, -0.2) is 28.0 Å². The monoisotopic (exact) mass is 411 g/mol. The number of rotatable bonds is 4. The molecule has 4 aromatic rings. The first kappa shape index (κ1) is 19.5. The molecule has 31 heavy (non-hydrogen) atoms. The smallest absolute Gasteiger partial charge is 0.259 e. The molecule has 1 aromatic carbocycles. The normalized spacial score (nSPS) is 14.6. The van der Waals surface area contributed by atoms with Crippen LogP contribution < -0.4 is 16.2 Å². The number of nitrogens with one attached hydrogen (secondary N) is 3. The predicted molar refractivity (Wildman–Crippen MR) is 125 cm³/mol. The van der Waals surface area contributed by atoms with Gasteiger partial charge in [-0.05, 0) is 91.7 Å². The molecule has 1 aliphatic heterocycles. The number of aromatic amines is 1. The molecular formula is C25H25N5O. The van der Waals surface area contributed by atoms with Gasteiger partial charge in [0, 0.05) is 18.1 Å². The van der Waals surface area contributed by atoms with Gasteiger partial charge in [0.15, 0.2) is 0 Å². The fourth-order valence-corrected chi connectivity index (χ4v) is 4.24. The highest BCUT2D eigenvalue weighted by molar-refractivity contribution is 5.94. The maximum Gasteiger partial charge on any atom is 0.259 e. The summed E-state index contributed by atoms with van der Waals surface area (Å²) in [6.07, 6.45) is 5.77. The average molecular weight is 412 g/mol. The van der Waals surface area contributed by atoms with Crippen LogP contribution in [0, 0.1) is 6.92 Å². The molecule has 0 bridgehead atoms. The number of pyridine rings is 3. The maximum atomic E-state index is 12.6. The summed E-state index contributed by atoms with van der Waals surface area (Å²) in [5.41, 5.74) is 4.73. The Bertz CT molecular complexity index is 1270. The SMILES string of the molecule is Cc1ccnc(-c2cc3cc[nH]c(=O)c3c(Nc3ccc(C4CCNCC4)cc3)n2)c1. The number of hydrogen-bond acceptors (Lipinski definition) is 5. The summed E-state index contributed by atoms with van der Waals surface area (Å²) in [5, 5.41) is 8.15. The molecular weight excluding hydrogens is 386 g/mol. The van der Waals surface area contributed by atoms with E-state index in [1.54, 1.807) is 12.4 Å². The van der Waals surface area contributed by atoms with Crippen LogP contribution in [0.3, 0.4) is 0 Å². The minimum Gasteiger partial charge on any atom is -0.340 e. The van der Waals surface area contributed by atoms with Gasteiger partial charge in [0.25, 0.3) is 5.56 Å². The van der Waals surface area contributed by atoms with Crippen molar-refractivity contribution in [2.75, 3.05) is 18.4 Å². The van der Waals surface area contributed by atoms with Crippen LogP contribution >= 0.6 is 0 Å². The van der Waals surface area contributed by atoms with Crippen LogP contribution in [0.15, 0.2) is 65.7 Å². The van der Waals surface area contributed by atoms with Gasteiger partial charge in [-0.3, -0.25) is 9.78 Å². The van der Waals surface area contributed by atoms with Crippen molar-refractivity contribution in [1.82, 2.24) is 20.3 Å². The molecule has 1 aliphatic rings. The zero-order chi connectivity index (χ0) is 21.2. The van der Waals surface area contributed by atoms with E-state index in [1.807, 2.05) is 31.2 Å². The molecule has 6 nitrogen and oxygen atoms in total. The Morgan fingerprint density at radius 2 is 1.81 bits per heavy atom. The minimum atomic E-state index is -0.164. The van der Waals surface area contributed by atoms with Gasteiger partial charge in [-0.25, -0.2) is 4.98 Å². The third kappa shape index (κ3) is 4.07. The van der Waals surface area contributed by atoms with E-state index in [2.05, 4.69) is 44.9 Å². The van der Waals surface area contributed by atoms with Crippen LogP contribution in [-0.2, 0) is 0 Å². The molecule has 4 heterocycles. The van der Waals surface area contributed by atoms with E-state index in [9.17, 15) is 4.79 Å². The van der Waals surface area contributed by atoms with E-state index in [-0.39, 0.29) is 5.56 Å². The van der Waals surface area contributed by atoms with E-state index in [4.69, 9.17) is 4.98 Å². The van der Waals surface area contributed by atoms with Crippen LogP contribution in [0.2, 0.25) is 0 Å². The summed E-state index contributed by atoms with van der Waals surface area (Å²) < 4.78 is 0. The minimum absolute atomic E-state index is 0.164. The Kier molecular flexibility index (Phi) is 5.22. The second-order valence-corrected chi connectivity index (χ2v) is 8.12. The number of piperidine rings is 1. The second-order valence-electron chi connectivity index (χ2n) is 8.12. The number of anilines is 2. The fraction of sp³-hybridized carbons (Fsp3) is 0.240. The molecule has 3 N–H and O–H groups in total. The molecule has 0 radical (unpaired) electrons. The topological polar surface area (TPSA) is 82.7 Å². The van der Waals surface area contributed by atoms with E-state index in [0.29, 0.717) is 17.1 Å². The lowest BCUT2D eigenvalue weighted by Crippen LogP contribution is -2.26. The molecule has 0 spiro atoms. The summed E-state index contributed by atoms with van der Waals surface area (Å²) in [6.45, 7) is 4.17. The molecule has 0 aliphatic carbocycles. The third-order valence-electron chi connectivity index (χ3n) is 5.92. The first-order valence-electron chi connectivity index (χ1n) is 10.7. The first-order chi connectivity index (χ1) is 15.2. The zero-order valence-electron chi connectivity index (χ0n) is 17.5. The van der Waals surface area contributed by atoms with E-state index < -0.39 is 0 Å². The van der Waals surface area contributed by atoms with Crippen molar-refractivity contribution in [2.24, 2.45) is 0 Å². The lowest BCUT2D eigenvalue weighted by Gasteiger charge is -2.23. The molecule has 6 heteroatoms. The molecule has 0 atom stereocenters. The molecule has 0 unspecified atom stereocenters. The van der Waals surface area contributed by atoms with Gasteiger partial charge in [-0.1, -0.05) is 12.1 Å². The maximum absolute atomic E-state index is 12.6. The van der Waals surface area contributed by atoms with Crippen LogP contribution in [0.25, 0.3) is 22.2 Å². The van der Waals surface area contributed by atoms with Crippen molar-refractivity contribution in [3.05, 3.63) is 82.4 Å². The molecule has 0 amide bonds. The van der Waals surface area contributed by atoms with E-state index >= 15 is 0 Å². The highest BCUT2D eigenvalue weighted by Gasteiger charge is 2.16. The number of H-pyrrole nitrogens is 1. The lowest BCUT2D eigenvalue weighted by atomic mass is 9.90. The van der Waals surface area contributed by atoms with Crippen LogP contribution in [0.4, 0.5) is 11.5 Å². The summed E-state index contributed by atoms with van der Waals surface area (Å²) in [6, 6.07) is 16.3.